The maximum Gasteiger partial charge on any atom is 0.315 e. The van der Waals surface area contributed by atoms with Gasteiger partial charge in [-0.05, 0) is 18.8 Å². The molecule has 2 amide bonds. The van der Waals surface area contributed by atoms with Gasteiger partial charge >= 0.3 is 6.03 Å². The summed E-state index contributed by atoms with van der Waals surface area (Å²) in [6.07, 6.45) is 5.74. The first-order chi connectivity index (χ1) is 8.26. The number of rotatable bonds is 7. The number of ether oxygens (including phenoxy) is 1. The zero-order chi connectivity index (χ0) is 12.5. The Hall–Kier alpha value is -0.770. The second-order valence-electron chi connectivity index (χ2n) is 4.83. The Labute approximate surface area is 104 Å². The first-order valence-electron chi connectivity index (χ1n) is 6.88. The molecule has 1 saturated heterocycles. The predicted octanol–water partition coefficient (Wildman–Crippen LogP) is 2.29. The molecule has 0 bridgehead atoms. The van der Waals surface area contributed by atoms with Crippen LogP contribution < -0.4 is 10.6 Å². The summed E-state index contributed by atoms with van der Waals surface area (Å²) in [7, 11) is 0. The molecule has 0 spiro atoms. The number of unbranched alkanes of at least 4 members (excludes halogenated alkanes) is 1. The van der Waals surface area contributed by atoms with Crippen LogP contribution in [0.2, 0.25) is 0 Å². The molecule has 0 aromatic rings. The Bertz CT molecular complexity index is 215. The summed E-state index contributed by atoms with van der Waals surface area (Å²) < 4.78 is 5.22. The van der Waals surface area contributed by atoms with Crippen molar-refractivity contribution in [1.82, 2.24) is 10.6 Å². The highest BCUT2D eigenvalue weighted by Crippen LogP contribution is 2.11. The van der Waals surface area contributed by atoms with E-state index in [1.165, 1.54) is 19.3 Å². The largest absolute Gasteiger partial charge is 0.379 e. The summed E-state index contributed by atoms with van der Waals surface area (Å²) in [5.41, 5.74) is 0. The van der Waals surface area contributed by atoms with Gasteiger partial charge in [-0.15, -0.1) is 0 Å². The van der Waals surface area contributed by atoms with Crippen LogP contribution in [0.4, 0.5) is 4.79 Å². The molecule has 1 heterocycles. The molecule has 0 saturated carbocycles. The Kier molecular flexibility index (Phi) is 7.01. The lowest BCUT2D eigenvalue weighted by Crippen LogP contribution is -2.43. The van der Waals surface area contributed by atoms with Gasteiger partial charge in [0.1, 0.15) is 0 Å². The molecular formula is C13H26N2O2. The van der Waals surface area contributed by atoms with Crippen LogP contribution >= 0.6 is 0 Å². The molecule has 1 fully saturated rings. The van der Waals surface area contributed by atoms with Crippen LogP contribution in [0.1, 0.15) is 46.0 Å². The van der Waals surface area contributed by atoms with Crippen LogP contribution in [-0.4, -0.2) is 31.8 Å². The number of nitrogens with one attached hydrogen (secondary N) is 2. The van der Waals surface area contributed by atoms with E-state index in [1.54, 1.807) is 0 Å². The first kappa shape index (κ1) is 14.3. The highest BCUT2D eigenvalue weighted by atomic mass is 16.5. The second-order valence-corrected chi connectivity index (χ2v) is 4.83. The van der Waals surface area contributed by atoms with E-state index in [2.05, 4.69) is 24.5 Å². The molecule has 17 heavy (non-hydrogen) atoms. The fraction of sp³-hybridized carbons (Fsp3) is 0.923. The van der Waals surface area contributed by atoms with Gasteiger partial charge in [-0.1, -0.05) is 33.1 Å². The minimum absolute atomic E-state index is 0.0459. The van der Waals surface area contributed by atoms with Gasteiger partial charge in [-0.3, -0.25) is 0 Å². The highest BCUT2D eigenvalue weighted by molar-refractivity contribution is 5.74. The van der Waals surface area contributed by atoms with Crippen molar-refractivity contribution in [1.29, 1.82) is 0 Å². The monoisotopic (exact) mass is 242 g/mol. The third-order valence-corrected chi connectivity index (χ3v) is 3.36. The molecular weight excluding hydrogens is 216 g/mol. The molecule has 4 nitrogen and oxygen atoms in total. The topological polar surface area (TPSA) is 50.4 Å². The molecule has 0 aromatic heterocycles. The zero-order valence-corrected chi connectivity index (χ0v) is 11.1. The number of hydrogen-bond acceptors (Lipinski definition) is 2. The second kappa shape index (κ2) is 8.34. The summed E-state index contributed by atoms with van der Waals surface area (Å²) >= 11 is 0. The fourth-order valence-corrected chi connectivity index (χ4v) is 2.07. The maximum absolute atomic E-state index is 11.6. The average Bonchev–Trinajstić information content (AvgIpc) is 2.82. The van der Waals surface area contributed by atoms with Crippen LogP contribution in [0.15, 0.2) is 0 Å². The number of amides is 2. The minimum Gasteiger partial charge on any atom is -0.379 e. The van der Waals surface area contributed by atoms with E-state index < -0.39 is 0 Å². The molecule has 1 aliphatic rings. The van der Waals surface area contributed by atoms with E-state index in [-0.39, 0.29) is 12.1 Å². The lowest BCUT2D eigenvalue weighted by Gasteiger charge is -2.17. The van der Waals surface area contributed by atoms with Gasteiger partial charge in [0.2, 0.25) is 0 Å². The third kappa shape index (κ3) is 5.91. The Balaban J connectivity index is 2.12. The normalized spacial score (nSPS) is 21.2. The predicted molar refractivity (Wildman–Crippen MR) is 69.1 cm³/mol. The summed E-state index contributed by atoms with van der Waals surface area (Å²) in [6, 6.07) is 0.154. The van der Waals surface area contributed by atoms with E-state index >= 15 is 0 Å². The van der Waals surface area contributed by atoms with Crippen molar-refractivity contribution in [2.45, 2.75) is 52.0 Å². The average molecular weight is 242 g/mol. The van der Waals surface area contributed by atoms with Crippen molar-refractivity contribution in [2.24, 2.45) is 5.92 Å². The van der Waals surface area contributed by atoms with Crippen LogP contribution in [0, 0.1) is 5.92 Å². The molecule has 0 aliphatic carbocycles. The number of carbonyl (C=O) groups excluding carboxylic acids is 1. The number of urea groups is 1. The molecule has 0 radical (unpaired) electrons. The van der Waals surface area contributed by atoms with Gasteiger partial charge in [0.15, 0.2) is 0 Å². The van der Waals surface area contributed by atoms with Crippen LogP contribution in [-0.2, 0) is 4.74 Å². The van der Waals surface area contributed by atoms with Gasteiger partial charge in [0.05, 0.1) is 12.6 Å². The van der Waals surface area contributed by atoms with Gasteiger partial charge in [-0.25, -0.2) is 4.79 Å². The van der Waals surface area contributed by atoms with Gasteiger partial charge in [0.25, 0.3) is 0 Å². The van der Waals surface area contributed by atoms with Crippen LogP contribution in [0.25, 0.3) is 0 Å². The van der Waals surface area contributed by atoms with E-state index in [4.69, 9.17) is 4.74 Å². The lowest BCUT2D eigenvalue weighted by atomic mass is 9.99. The van der Waals surface area contributed by atoms with E-state index in [0.29, 0.717) is 12.5 Å². The minimum atomic E-state index is -0.0459. The first-order valence-corrected chi connectivity index (χ1v) is 6.88. The van der Waals surface area contributed by atoms with Gasteiger partial charge < -0.3 is 15.4 Å². The van der Waals surface area contributed by atoms with Crippen LogP contribution in [0.5, 0.6) is 0 Å². The van der Waals surface area contributed by atoms with Crippen molar-refractivity contribution in [3.63, 3.8) is 0 Å². The van der Waals surface area contributed by atoms with Crippen molar-refractivity contribution < 1.29 is 9.53 Å². The van der Waals surface area contributed by atoms with Crippen molar-refractivity contribution in [3.05, 3.63) is 0 Å². The van der Waals surface area contributed by atoms with E-state index in [1.807, 2.05) is 0 Å². The third-order valence-electron chi connectivity index (χ3n) is 3.36. The quantitative estimate of drug-likeness (QED) is 0.719. The van der Waals surface area contributed by atoms with Crippen molar-refractivity contribution in [2.75, 3.05) is 19.8 Å². The summed E-state index contributed by atoms with van der Waals surface area (Å²) in [5.74, 6) is 0.612. The molecule has 1 rings (SSSR count). The molecule has 2 N–H and O–H groups in total. The molecule has 2 unspecified atom stereocenters. The number of hydrogen-bond donors (Lipinski definition) is 2. The van der Waals surface area contributed by atoms with Gasteiger partial charge in [0, 0.05) is 13.2 Å². The van der Waals surface area contributed by atoms with Crippen molar-refractivity contribution >= 4 is 6.03 Å². The molecule has 1 aliphatic heterocycles. The Morgan fingerprint density at radius 1 is 1.47 bits per heavy atom. The van der Waals surface area contributed by atoms with Crippen LogP contribution in [0.3, 0.4) is 0 Å². The number of carbonyl (C=O) groups is 1. The summed E-state index contributed by atoms with van der Waals surface area (Å²) in [4.78, 5) is 11.6. The Morgan fingerprint density at radius 3 is 2.88 bits per heavy atom. The highest BCUT2D eigenvalue weighted by Gasteiger charge is 2.17. The molecule has 0 aromatic carbocycles. The van der Waals surface area contributed by atoms with E-state index in [0.717, 1.165) is 26.0 Å². The SMILES string of the molecule is CCCCC(CC)CNC(=O)NC1CCOC1. The van der Waals surface area contributed by atoms with E-state index in [9.17, 15) is 4.79 Å². The molecule has 4 heteroatoms. The summed E-state index contributed by atoms with van der Waals surface area (Å²) in [6.45, 7) is 6.59. The smallest absolute Gasteiger partial charge is 0.315 e. The fourth-order valence-electron chi connectivity index (χ4n) is 2.07. The van der Waals surface area contributed by atoms with Crippen molar-refractivity contribution in [3.8, 4) is 0 Å². The lowest BCUT2D eigenvalue weighted by molar-refractivity contribution is 0.188. The molecule has 2 atom stereocenters. The maximum atomic E-state index is 11.6. The standard InChI is InChI=1S/C13H26N2O2/c1-3-5-6-11(4-2)9-14-13(16)15-12-7-8-17-10-12/h11-12H,3-10H2,1-2H3,(H2,14,15,16). The van der Waals surface area contributed by atoms with Gasteiger partial charge in [-0.2, -0.15) is 0 Å². The Morgan fingerprint density at radius 2 is 2.29 bits per heavy atom. The zero-order valence-electron chi connectivity index (χ0n) is 11.1. The summed E-state index contributed by atoms with van der Waals surface area (Å²) in [5, 5.41) is 5.90. The molecule has 100 valence electrons.